The van der Waals surface area contributed by atoms with E-state index in [-0.39, 0.29) is 17.1 Å². The van der Waals surface area contributed by atoms with Crippen molar-refractivity contribution in [2.24, 2.45) is 5.92 Å². The molecule has 28 heavy (non-hydrogen) atoms. The molecule has 6 heteroatoms. The van der Waals surface area contributed by atoms with Crippen LogP contribution in [-0.4, -0.2) is 32.5 Å². The highest BCUT2D eigenvalue weighted by molar-refractivity contribution is 7.92. The molecule has 5 nitrogen and oxygen atoms in total. The first-order chi connectivity index (χ1) is 13.4. The highest BCUT2D eigenvalue weighted by Crippen LogP contribution is 2.46. The second-order valence-corrected chi connectivity index (χ2v) is 10.8. The summed E-state index contributed by atoms with van der Waals surface area (Å²) in [5.74, 6) is 0.224. The number of hydrogen-bond donors (Lipinski definition) is 0. The van der Waals surface area contributed by atoms with Gasteiger partial charge in [-0.15, -0.1) is 0 Å². The molecular weight excluding hydrogens is 376 g/mol. The van der Waals surface area contributed by atoms with Gasteiger partial charge in [0.05, 0.1) is 23.2 Å². The smallest absolute Gasteiger partial charge is 0.313 e. The molecule has 3 aliphatic carbocycles. The molecule has 0 radical (unpaired) electrons. The van der Waals surface area contributed by atoms with Crippen molar-refractivity contribution in [3.8, 4) is 0 Å². The Morgan fingerprint density at radius 3 is 2.36 bits per heavy atom. The monoisotopic (exact) mass is 404 g/mol. The molecule has 1 aromatic rings. The second-order valence-electron chi connectivity index (χ2n) is 8.61. The lowest BCUT2D eigenvalue weighted by molar-refractivity contribution is -0.143. The Morgan fingerprint density at radius 2 is 1.79 bits per heavy atom. The third-order valence-electron chi connectivity index (χ3n) is 6.44. The SMILES string of the molecule is COC(=O)[C@H](CC1CCC(=O)CC1)c1ccc(S(=O)(=O)C2CC2)c(C2CC2)c1. The molecule has 0 aliphatic heterocycles. The fourth-order valence-corrected chi connectivity index (χ4v) is 6.32. The number of ketones is 1. The molecule has 0 heterocycles. The van der Waals surface area contributed by atoms with Crippen LogP contribution in [0.4, 0.5) is 0 Å². The van der Waals surface area contributed by atoms with E-state index < -0.39 is 15.8 Å². The van der Waals surface area contributed by atoms with E-state index in [9.17, 15) is 18.0 Å². The summed E-state index contributed by atoms with van der Waals surface area (Å²) in [7, 11) is -1.86. The van der Waals surface area contributed by atoms with Crippen LogP contribution in [0.5, 0.6) is 0 Å². The van der Waals surface area contributed by atoms with Crippen molar-refractivity contribution >= 4 is 21.6 Å². The number of benzene rings is 1. The molecule has 0 N–H and O–H groups in total. The Bertz CT molecular complexity index is 870. The van der Waals surface area contributed by atoms with Crippen LogP contribution < -0.4 is 0 Å². The molecule has 0 saturated heterocycles. The lowest BCUT2D eigenvalue weighted by Crippen LogP contribution is -2.22. The van der Waals surface area contributed by atoms with Gasteiger partial charge in [0.1, 0.15) is 5.78 Å². The van der Waals surface area contributed by atoms with Crippen LogP contribution in [0.25, 0.3) is 0 Å². The first-order valence-electron chi connectivity index (χ1n) is 10.4. The number of sulfone groups is 1. The number of ether oxygens (including phenoxy) is 1. The van der Waals surface area contributed by atoms with E-state index in [0.717, 1.165) is 49.7 Å². The lowest BCUT2D eigenvalue weighted by Gasteiger charge is -2.25. The van der Waals surface area contributed by atoms with Gasteiger partial charge in [0, 0.05) is 12.8 Å². The maximum atomic E-state index is 12.8. The molecule has 3 saturated carbocycles. The van der Waals surface area contributed by atoms with Crippen LogP contribution in [0.3, 0.4) is 0 Å². The number of methoxy groups -OCH3 is 1. The maximum Gasteiger partial charge on any atom is 0.313 e. The minimum atomic E-state index is -3.26. The molecule has 0 unspecified atom stereocenters. The van der Waals surface area contributed by atoms with Crippen molar-refractivity contribution < 1.29 is 22.7 Å². The summed E-state index contributed by atoms with van der Waals surface area (Å²) in [6.45, 7) is 0. The zero-order chi connectivity index (χ0) is 19.9. The highest BCUT2D eigenvalue weighted by atomic mass is 32.2. The molecule has 152 valence electrons. The van der Waals surface area contributed by atoms with Crippen molar-refractivity contribution in [2.45, 2.75) is 79.8 Å². The van der Waals surface area contributed by atoms with Crippen LogP contribution in [-0.2, 0) is 24.2 Å². The predicted molar refractivity (Wildman–Crippen MR) is 105 cm³/mol. The molecule has 4 rings (SSSR count). The average molecular weight is 405 g/mol. The Kier molecular flexibility index (Phi) is 5.34. The molecule has 0 bridgehead atoms. The van der Waals surface area contributed by atoms with Crippen molar-refractivity contribution in [3.63, 3.8) is 0 Å². The number of hydrogen-bond acceptors (Lipinski definition) is 5. The van der Waals surface area contributed by atoms with Gasteiger partial charge in [0.15, 0.2) is 9.84 Å². The highest BCUT2D eigenvalue weighted by Gasteiger charge is 2.41. The number of rotatable bonds is 7. The minimum absolute atomic E-state index is 0.230. The summed E-state index contributed by atoms with van der Waals surface area (Å²) in [6.07, 6.45) is 6.97. The Balaban J connectivity index is 1.63. The van der Waals surface area contributed by atoms with E-state index >= 15 is 0 Å². The third-order valence-corrected chi connectivity index (χ3v) is 8.77. The van der Waals surface area contributed by atoms with Crippen molar-refractivity contribution in [1.82, 2.24) is 0 Å². The fraction of sp³-hybridized carbons (Fsp3) is 0.636. The molecule has 3 fully saturated rings. The molecule has 0 amide bonds. The normalized spacial score (nSPS) is 22.1. The first-order valence-corrected chi connectivity index (χ1v) is 11.9. The van der Waals surface area contributed by atoms with Crippen LogP contribution in [0.15, 0.2) is 23.1 Å². The van der Waals surface area contributed by atoms with E-state index in [4.69, 9.17) is 4.74 Å². The topological polar surface area (TPSA) is 77.5 Å². The molecule has 0 aromatic heterocycles. The Hall–Kier alpha value is -1.69. The van der Waals surface area contributed by atoms with E-state index in [0.29, 0.717) is 35.9 Å². The Morgan fingerprint density at radius 1 is 1.11 bits per heavy atom. The van der Waals surface area contributed by atoms with Gasteiger partial charge in [0.2, 0.25) is 0 Å². The second kappa shape index (κ2) is 7.62. The summed E-state index contributed by atoms with van der Waals surface area (Å²) in [4.78, 5) is 24.5. The van der Waals surface area contributed by atoms with Crippen LogP contribution in [0.2, 0.25) is 0 Å². The quantitative estimate of drug-likeness (QED) is 0.644. The van der Waals surface area contributed by atoms with Gasteiger partial charge in [0.25, 0.3) is 0 Å². The standard InChI is InChI=1S/C22H28O5S/c1-27-22(24)20(12-14-2-7-17(23)8-3-14)16-6-11-21(19(13-16)15-4-5-15)28(25,26)18-9-10-18/h6,11,13-15,18,20H,2-5,7-10,12H2,1H3/t20-/m1/s1. The number of carbonyl (C=O) groups excluding carboxylic acids is 2. The number of carbonyl (C=O) groups is 2. The van der Waals surface area contributed by atoms with E-state index in [1.165, 1.54) is 7.11 Å². The summed E-state index contributed by atoms with van der Waals surface area (Å²) in [5.41, 5.74) is 1.73. The van der Waals surface area contributed by atoms with Crippen molar-refractivity contribution in [3.05, 3.63) is 29.3 Å². The van der Waals surface area contributed by atoms with Crippen molar-refractivity contribution in [1.29, 1.82) is 0 Å². The average Bonchev–Trinajstić information content (AvgIpc) is 3.58. The zero-order valence-corrected chi connectivity index (χ0v) is 17.2. The fourth-order valence-electron chi connectivity index (χ4n) is 4.39. The number of Topliss-reactive ketones (excluding diaryl/α,β-unsaturated/α-hetero) is 1. The summed E-state index contributed by atoms with van der Waals surface area (Å²) < 4.78 is 30.8. The lowest BCUT2D eigenvalue weighted by atomic mass is 9.80. The maximum absolute atomic E-state index is 12.8. The van der Waals surface area contributed by atoms with Crippen LogP contribution >= 0.6 is 0 Å². The van der Waals surface area contributed by atoms with E-state index in [1.807, 2.05) is 6.07 Å². The first kappa shape index (κ1) is 19.6. The van der Waals surface area contributed by atoms with Gasteiger partial charge in [-0.2, -0.15) is 0 Å². The number of esters is 1. The van der Waals surface area contributed by atoms with Gasteiger partial charge in [-0.05, 0) is 74.0 Å². The van der Waals surface area contributed by atoms with Gasteiger partial charge in [-0.25, -0.2) is 8.42 Å². The van der Waals surface area contributed by atoms with Gasteiger partial charge in [-0.1, -0.05) is 12.1 Å². The minimum Gasteiger partial charge on any atom is -0.469 e. The molecule has 3 aliphatic rings. The van der Waals surface area contributed by atoms with Gasteiger partial charge < -0.3 is 4.74 Å². The molecule has 1 atom stereocenters. The predicted octanol–water partition coefficient (Wildman–Crippen LogP) is 3.91. The van der Waals surface area contributed by atoms with Crippen LogP contribution in [0, 0.1) is 5.92 Å². The summed E-state index contributed by atoms with van der Waals surface area (Å²) >= 11 is 0. The third kappa shape index (κ3) is 4.02. The summed E-state index contributed by atoms with van der Waals surface area (Å²) in [5, 5.41) is -0.230. The molecular formula is C22H28O5S. The molecule has 1 aromatic carbocycles. The van der Waals surface area contributed by atoms with Gasteiger partial charge >= 0.3 is 5.97 Å². The zero-order valence-electron chi connectivity index (χ0n) is 16.4. The van der Waals surface area contributed by atoms with Crippen LogP contribution in [0.1, 0.15) is 80.8 Å². The van der Waals surface area contributed by atoms with E-state index in [1.54, 1.807) is 12.1 Å². The molecule has 0 spiro atoms. The Labute approximate surface area is 166 Å². The van der Waals surface area contributed by atoms with Gasteiger partial charge in [-0.3, -0.25) is 9.59 Å². The van der Waals surface area contributed by atoms with Crippen molar-refractivity contribution in [2.75, 3.05) is 7.11 Å². The largest absolute Gasteiger partial charge is 0.469 e. The van der Waals surface area contributed by atoms with E-state index in [2.05, 4.69) is 0 Å². The summed E-state index contributed by atoms with van der Waals surface area (Å²) in [6, 6.07) is 5.47.